The molecule has 0 spiro atoms. The summed E-state index contributed by atoms with van der Waals surface area (Å²) in [7, 11) is 0. The lowest BCUT2D eigenvalue weighted by Gasteiger charge is -2.11. The Labute approximate surface area is 95.0 Å². The van der Waals surface area contributed by atoms with E-state index in [0.717, 1.165) is 13.0 Å². The molecule has 0 bridgehead atoms. The zero-order chi connectivity index (χ0) is 10.4. The number of benzene rings is 1. The molecule has 0 amide bonds. The number of rotatable bonds is 5. The lowest BCUT2D eigenvalue weighted by atomic mass is 10.1. The summed E-state index contributed by atoms with van der Waals surface area (Å²) in [5.74, 6) is 0. The maximum absolute atomic E-state index is 3.55. The number of hydrogen-bond acceptors (Lipinski definition) is 1. The fraction of sp³-hybridized carbons (Fsp3) is 0.500. The minimum Gasteiger partial charge on any atom is -0.314 e. The summed E-state index contributed by atoms with van der Waals surface area (Å²) in [4.78, 5) is 0. The van der Waals surface area contributed by atoms with Crippen molar-refractivity contribution in [3.8, 4) is 0 Å². The Balaban J connectivity index is 2.35. The number of halogens is 1. The molecule has 0 fully saturated rings. The summed E-state index contributed by atoms with van der Waals surface area (Å²) < 4.78 is 1.21. The van der Waals surface area contributed by atoms with E-state index in [-0.39, 0.29) is 0 Å². The quantitative estimate of drug-likeness (QED) is 0.851. The van der Waals surface area contributed by atoms with Crippen LogP contribution in [0.25, 0.3) is 0 Å². The predicted molar refractivity (Wildman–Crippen MR) is 65.6 cm³/mol. The Bertz CT molecular complexity index is 273. The standard InChI is InChI=1S/C12H18BrN/c1-3-10(2)14-9-8-11-6-4-5-7-12(11)13/h4-7,10,14H,3,8-9H2,1-2H3. The molecule has 0 aromatic heterocycles. The van der Waals surface area contributed by atoms with Gasteiger partial charge >= 0.3 is 0 Å². The first-order chi connectivity index (χ1) is 6.74. The van der Waals surface area contributed by atoms with Crippen molar-refractivity contribution in [2.24, 2.45) is 0 Å². The summed E-state index contributed by atoms with van der Waals surface area (Å²) in [5, 5.41) is 3.49. The lowest BCUT2D eigenvalue weighted by Crippen LogP contribution is -2.27. The summed E-state index contributed by atoms with van der Waals surface area (Å²) in [5.41, 5.74) is 1.38. The van der Waals surface area contributed by atoms with Crippen LogP contribution in [-0.4, -0.2) is 12.6 Å². The van der Waals surface area contributed by atoms with Gasteiger partial charge in [0.15, 0.2) is 0 Å². The third-order valence-electron chi connectivity index (χ3n) is 2.46. The molecule has 1 N–H and O–H groups in total. The van der Waals surface area contributed by atoms with Gasteiger partial charge in [-0.15, -0.1) is 0 Å². The Morgan fingerprint density at radius 2 is 2.07 bits per heavy atom. The van der Waals surface area contributed by atoms with Gasteiger partial charge in [0.2, 0.25) is 0 Å². The molecular weight excluding hydrogens is 238 g/mol. The fourth-order valence-electron chi connectivity index (χ4n) is 1.30. The van der Waals surface area contributed by atoms with Crippen LogP contribution >= 0.6 is 15.9 Å². The highest BCUT2D eigenvalue weighted by atomic mass is 79.9. The number of hydrogen-bond donors (Lipinski definition) is 1. The van der Waals surface area contributed by atoms with Gasteiger partial charge in [-0.05, 0) is 37.9 Å². The van der Waals surface area contributed by atoms with Crippen LogP contribution in [0.2, 0.25) is 0 Å². The van der Waals surface area contributed by atoms with Crippen LogP contribution in [0.1, 0.15) is 25.8 Å². The van der Waals surface area contributed by atoms with Crippen molar-refractivity contribution in [3.63, 3.8) is 0 Å². The van der Waals surface area contributed by atoms with E-state index in [1.54, 1.807) is 0 Å². The normalized spacial score (nSPS) is 12.8. The SMILES string of the molecule is CCC(C)NCCc1ccccc1Br. The second-order valence-corrected chi connectivity index (χ2v) is 4.46. The minimum absolute atomic E-state index is 0.623. The molecule has 0 saturated carbocycles. The van der Waals surface area contributed by atoms with E-state index in [2.05, 4.69) is 59.4 Å². The van der Waals surface area contributed by atoms with Gasteiger partial charge in [-0.3, -0.25) is 0 Å². The van der Waals surface area contributed by atoms with E-state index in [0.29, 0.717) is 6.04 Å². The Morgan fingerprint density at radius 1 is 1.36 bits per heavy atom. The fourth-order valence-corrected chi connectivity index (χ4v) is 1.78. The number of nitrogens with one attached hydrogen (secondary N) is 1. The topological polar surface area (TPSA) is 12.0 Å². The molecular formula is C12H18BrN. The Hall–Kier alpha value is -0.340. The lowest BCUT2D eigenvalue weighted by molar-refractivity contribution is 0.537. The molecule has 78 valence electrons. The maximum Gasteiger partial charge on any atom is 0.0207 e. The van der Waals surface area contributed by atoms with Gasteiger partial charge in [0, 0.05) is 10.5 Å². The average molecular weight is 256 g/mol. The molecule has 1 aromatic carbocycles. The van der Waals surface area contributed by atoms with Crippen LogP contribution in [-0.2, 0) is 6.42 Å². The van der Waals surface area contributed by atoms with Gasteiger partial charge in [-0.1, -0.05) is 41.1 Å². The molecule has 1 rings (SSSR count). The second-order valence-electron chi connectivity index (χ2n) is 3.60. The zero-order valence-electron chi connectivity index (χ0n) is 8.89. The van der Waals surface area contributed by atoms with Crippen LogP contribution < -0.4 is 5.32 Å². The van der Waals surface area contributed by atoms with E-state index in [1.165, 1.54) is 16.5 Å². The molecule has 0 saturated heterocycles. The molecule has 14 heavy (non-hydrogen) atoms. The van der Waals surface area contributed by atoms with Crippen molar-refractivity contribution in [2.45, 2.75) is 32.7 Å². The monoisotopic (exact) mass is 255 g/mol. The molecule has 1 nitrogen and oxygen atoms in total. The van der Waals surface area contributed by atoms with Crippen LogP contribution in [0.5, 0.6) is 0 Å². The molecule has 0 aliphatic carbocycles. The van der Waals surface area contributed by atoms with E-state index in [9.17, 15) is 0 Å². The summed E-state index contributed by atoms with van der Waals surface area (Å²) in [6, 6.07) is 9.03. The molecule has 1 atom stereocenters. The van der Waals surface area contributed by atoms with E-state index in [4.69, 9.17) is 0 Å². The highest BCUT2D eigenvalue weighted by molar-refractivity contribution is 9.10. The van der Waals surface area contributed by atoms with Crippen LogP contribution in [0, 0.1) is 0 Å². The molecule has 0 heterocycles. The smallest absolute Gasteiger partial charge is 0.0207 e. The molecule has 0 aliphatic heterocycles. The largest absolute Gasteiger partial charge is 0.314 e. The molecule has 2 heteroatoms. The summed E-state index contributed by atoms with van der Waals surface area (Å²) in [6.07, 6.45) is 2.28. The summed E-state index contributed by atoms with van der Waals surface area (Å²) >= 11 is 3.55. The Morgan fingerprint density at radius 3 is 2.71 bits per heavy atom. The Kier molecular flexibility index (Phi) is 5.20. The molecule has 0 aliphatic rings. The third-order valence-corrected chi connectivity index (χ3v) is 3.23. The average Bonchev–Trinajstić information content (AvgIpc) is 2.20. The highest BCUT2D eigenvalue weighted by Crippen LogP contribution is 2.15. The van der Waals surface area contributed by atoms with Crippen molar-refractivity contribution in [3.05, 3.63) is 34.3 Å². The van der Waals surface area contributed by atoms with Crippen molar-refractivity contribution >= 4 is 15.9 Å². The first-order valence-corrected chi connectivity index (χ1v) is 6.00. The van der Waals surface area contributed by atoms with Crippen molar-refractivity contribution in [2.75, 3.05) is 6.54 Å². The van der Waals surface area contributed by atoms with Crippen LogP contribution in [0.15, 0.2) is 28.7 Å². The van der Waals surface area contributed by atoms with E-state index in [1.807, 2.05) is 0 Å². The van der Waals surface area contributed by atoms with Crippen molar-refractivity contribution in [1.29, 1.82) is 0 Å². The first kappa shape index (κ1) is 11.7. The minimum atomic E-state index is 0.623. The van der Waals surface area contributed by atoms with Gasteiger partial charge in [-0.25, -0.2) is 0 Å². The van der Waals surface area contributed by atoms with Gasteiger partial charge in [0.1, 0.15) is 0 Å². The first-order valence-electron chi connectivity index (χ1n) is 5.20. The van der Waals surface area contributed by atoms with Crippen molar-refractivity contribution in [1.82, 2.24) is 5.32 Å². The van der Waals surface area contributed by atoms with Gasteiger partial charge in [0.25, 0.3) is 0 Å². The van der Waals surface area contributed by atoms with E-state index >= 15 is 0 Å². The molecule has 1 unspecified atom stereocenters. The van der Waals surface area contributed by atoms with Gasteiger partial charge in [0.05, 0.1) is 0 Å². The van der Waals surface area contributed by atoms with Gasteiger partial charge < -0.3 is 5.32 Å². The van der Waals surface area contributed by atoms with Crippen LogP contribution in [0.4, 0.5) is 0 Å². The van der Waals surface area contributed by atoms with Crippen molar-refractivity contribution < 1.29 is 0 Å². The van der Waals surface area contributed by atoms with Crippen LogP contribution in [0.3, 0.4) is 0 Å². The zero-order valence-corrected chi connectivity index (χ0v) is 10.5. The molecule has 1 aromatic rings. The van der Waals surface area contributed by atoms with E-state index < -0.39 is 0 Å². The summed E-state index contributed by atoms with van der Waals surface area (Å²) in [6.45, 7) is 5.48. The second kappa shape index (κ2) is 6.20. The maximum atomic E-state index is 3.55. The molecule has 0 radical (unpaired) electrons. The highest BCUT2D eigenvalue weighted by Gasteiger charge is 1.99. The third kappa shape index (κ3) is 3.81. The predicted octanol–water partition coefficient (Wildman–Crippen LogP) is 3.38. The van der Waals surface area contributed by atoms with Gasteiger partial charge in [-0.2, -0.15) is 0 Å².